The Hall–Kier alpha value is -2.21. The van der Waals surface area contributed by atoms with Crippen molar-refractivity contribution in [1.29, 1.82) is 5.41 Å². The van der Waals surface area contributed by atoms with Crippen molar-refractivity contribution in [3.8, 4) is 0 Å². The number of nitrogens with two attached hydrogens (primary N) is 1. The van der Waals surface area contributed by atoms with E-state index in [9.17, 15) is 0 Å². The van der Waals surface area contributed by atoms with Gasteiger partial charge in [0.2, 0.25) is 0 Å². The molecule has 0 unspecified atom stereocenters. The molecule has 0 amide bonds. The summed E-state index contributed by atoms with van der Waals surface area (Å²) in [5, 5.41) is 15.7. The number of amidine groups is 1. The van der Waals surface area contributed by atoms with E-state index in [4.69, 9.17) is 11.1 Å². The molecule has 1 aliphatic rings. The molecule has 0 saturated carbocycles. The minimum Gasteiger partial charge on any atom is -0.384 e. The van der Waals surface area contributed by atoms with Gasteiger partial charge in [0.1, 0.15) is 18.0 Å². The summed E-state index contributed by atoms with van der Waals surface area (Å²) < 4.78 is 2.08. The molecule has 0 atom stereocenters. The number of aromatic nitrogens is 3. The molecule has 98 valence electrons. The van der Waals surface area contributed by atoms with Crippen molar-refractivity contribution in [3.05, 3.63) is 47.5 Å². The van der Waals surface area contributed by atoms with Crippen molar-refractivity contribution in [3.63, 3.8) is 0 Å². The van der Waals surface area contributed by atoms with Gasteiger partial charge in [-0.15, -0.1) is 10.2 Å². The summed E-state index contributed by atoms with van der Waals surface area (Å²) in [4.78, 5) is 2.30. The SMILES string of the molecule is N=C(N)c1ccccc1CN1CCn2cnnc2C1. The van der Waals surface area contributed by atoms with Gasteiger partial charge >= 0.3 is 0 Å². The van der Waals surface area contributed by atoms with Crippen LogP contribution in [0.3, 0.4) is 0 Å². The van der Waals surface area contributed by atoms with Crippen molar-refractivity contribution >= 4 is 5.84 Å². The van der Waals surface area contributed by atoms with Crippen molar-refractivity contribution in [2.45, 2.75) is 19.6 Å². The van der Waals surface area contributed by atoms with Crippen LogP contribution < -0.4 is 5.73 Å². The zero-order valence-electron chi connectivity index (χ0n) is 10.6. The summed E-state index contributed by atoms with van der Waals surface area (Å²) in [6.45, 7) is 3.43. The van der Waals surface area contributed by atoms with Crippen LogP contribution in [0.15, 0.2) is 30.6 Å². The molecule has 6 heteroatoms. The number of hydrogen-bond donors (Lipinski definition) is 2. The lowest BCUT2D eigenvalue weighted by atomic mass is 10.1. The van der Waals surface area contributed by atoms with E-state index >= 15 is 0 Å². The van der Waals surface area contributed by atoms with E-state index in [1.165, 1.54) is 0 Å². The fourth-order valence-electron chi connectivity index (χ4n) is 2.41. The Morgan fingerprint density at radius 3 is 3.00 bits per heavy atom. The summed E-state index contributed by atoms with van der Waals surface area (Å²) in [7, 11) is 0. The second-order valence-electron chi connectivity index (χ2n) is 4.72. The third-order valence-electron chi connectivity index (χ3n) is 3.42. The van der Waals surface area contributed by atoms with Gasteiger partial charge in [-0.2, -0.15) is 0 Å². The van der Waals surface area contributed by atoms with Gasteiger partial charge in [-0.1, -0.05) is 24.3 Å². The van der Waals surface area contributed by atoms with Crippen molar-refractivity contribution in [1.82, 2.24) is 19.7 Å². The Labute approximate surface area is 111 Å². The molecule has 1 aromatic heterocycles. The third kappa shape index (κ3) is 2.34. The molecular weight excluding hydrogens is 240 g/mol. The predicted octanol–water partition coefficient (Wildman–Crippen LogP) is 0.578. The van der Waals surface area contributed by atoms with Crippen LogP contribution >= 0.6 is 0 Å². The van der Waals surface area contributed by atoms with E-state index in [1.54, 1.807) is 6.33 Å². The normalized spacial score (nSPS) is 15.2. The van der Waals surface area contributed by atoms with E-state index in [2.05, 4.69) is 19.7 Å². The number of fused-ring (bicyclic) bond motifs is 1. The highest BCUT2D eigenvalue weighted by Crippen LogP contribution is 2.15. The topological polar surface area (TPSA) is 83.8 Å². The molecule has 3 rings (SSSR count). The summed E-state index contributed by atoms with van der Waals surface area (Å²) in [6, 6.07) is 7.81. The van der Waals surface area contributed by atoms with Crippen LogP contribution in [0.2, 0.25) is 0 Å². The average Bonchev–Trinajstić information content (AvgIpc) is 2.86. The number of nitrogens with zero attached hydrogens (tertiary/aromatic N) is 4. The molecule has 6 nitrogen and oxygen atoms in total. The summed E-state index contributed by atoms with van der Waals surface area (Å²) in [6.07, 6.45) is 1.77. The number of rotatable bonds is 3. The molecule has 0 aliphatic carbocycles. The maximum atomic E-state index is 7.62. The van der Waals surface area contributed by atoms with Crippen LogP contribution in [-0.4, -0.2) is 32.0 Å². The monoisotopic (exact) mass is 256 g/mol. The van der Waals surface area contributed by atoms with Crippen LogP contribution in [0.5, 0.6) is 0 Å². The van der Waals surface area contributed by atoms with Crippen molar-refractivity contribution in [2.75, 3.05) is 6.54 Å². The molecule has 0 bridgehead atoms. The molecule has 2 heterocycles. The summed E-state index contributed by atoms with van der Waals surface area (Å²) in [5.74, 6) is 1.11. The molecule has 1 aliphatic heterocycles. The van der Waals surface area contributed by atoms with Crippen LogP contribution in [-0.2, 0) is 19.6 Å². The molecule has 0 radical (unpaired) electrons. The van der Waals surface area contributed by atoms with Gasteiger partial charge in [-0.3, -0.25) is 10.3 Å². The first-order valence-electron chi connectivity index (χ1n) is 6.25. The van der Waals surface area contributed by atoms with Gasteiger partial charge < -0.3 is 10.3 Å². The summed E-state index contributed by atoms with van der Waals surface area (Å²) in [5.41, 5.74) is 7.52. The van der Waals surface area contributed by atoms with Gasteiger partial charge in [0, 0.05) is 25.2 Å². The molecule has 0 saturated heterocycles. The van der Waals surface area contributed by atoms with Gasteiger partial charge in [0.25, 0.3) is 0 Å². The van der Waals surface area contributed by atoms with E-state index in [-0.39, 0.29) is 5.84 Å². The lowest BCUT2D eigenvalue weighted by Crippen LogP contribution is -2.33. The van der Waals surface area contributed by atoms with Crippen LogP contribution in [0.25, 0.3) is 0 Å². The third-order valence-corrected chi connectivity index (χ3v) is 3.42. The van der Waals surface area contributed by atoms with E-state index in [0.29, 0.717) is 0 Å². The average molecular weight is 256 g/mol. The maximum absolute atomic E-state index is 7.62. The van der Waals surface area contributed by atoms with Crippen molar-refractivity contribution < 1.29 is 0 Å². The first-order valence-corrected chi connectivity index (χ1v) is 6.25. The molecular formula is C13H16N6. The Morgan fingerprint density at radius 2 is 2.16 bits per heavy atom. The Kier molecular flexibility index (Phi) is 3.00. The second-order valence-corrected chi connectivity index (χ2v) is 4.72. The van der Waals surface area contributed by atoms with Crippen LogP contribution in [0, 0.1) is 5.41 Å². The molecule has 0 fully saturated rings. The molecule has 3 N–H and O–H groups in total. The van der Waals surface area contributed by atoms with Crippen molar-refractivity contribution in [2.24, 2.45) is 5.73 Å². The number of nitrogen functional groups attached to an aromatic ring is 1. The smallest absolute Gasteiger partial charge is 0.147 e. The minimum atomic E-state index is 0.121. The Bertz CT molecular complexity index is 603. The van der Waals surface area contributed by atoms with E-state index in [0.717, 1.165) is 43.1 Å². The first-order chi connectivity index (χ1) is 9.24. The molecule has 1 aromatic carbocycles. The van der Waals surface area contributed by atoms with Gasteiger partial charge in [0.05, 0.1) is 6.54 Å². The van der Waals surface area contributed by atoms with Crippen LogP contribution in [0.1, 0.15) is 17.0 Å². The zero-order chi connectivity index (χ0) is 13.2. The second kappa shape index (κ2) is 4.81. The molecule has 2 aromatic rings. The highest BCUT2D eigenvalue weighted by Gasteiger charge is 2.18. The molecule has 0 spiro atoms. The Morgan fingerprint density at radius 1 is 1.32 bits per heavy atom. The number of benzene rings is 1. The highest BCUT2D eigenvalue weighted by molar-refractivity contribution is 5.96. The number of nitrogens with one attached hydrogen (secondary N) is 1. The lowest BCUT2D eigenvalue weighted by molar-refractivity contribution is 0.208. The van der Waals surface area contributed by atoms with E-state index < -0.39 is 0 Å². The van der Waals surface area contributed by atoms with E-state index in [1.807, 2.05) is 24.3 Å². The largest absolute Gasteiger partial charge is 0.384 e. The summed E-state index contributed by atoms with van der Waals surface area (Å²) >= 11 is 0. The zero-order valence-corrected chi connectivity index (χ0v) is 10.6. The first kappa shape index (κ1) is 11.9. The fourth-order valence-corrected chi connectivity index (χ4v) is 2.41. The lowest BCUT2D eigenvalue weighted by Gasteiger charge is -2.27. The minimum absolute atomic E-state index is 0.121. The maximum Gasteiger partial charge on any atom is 0.147 e. The number of hydrogen-bond acceptors (Lipinski definition) is 4. The van der Waals surface area contributed by atoms with Gasteiger partial charge in [-0.05, 0) is 5.56 Å². The standard InChI is InChI=1S/C13H16N6/c14-13(15)11-4-2-1-3-10(11)7-18-5-6-19-9-16-17-12(19)8-18/h1-4,9H,5-8H2,(H3,14,15). The van der Waals surface area contributed by atoms with Gasteiger partial charge in [-0.25, -0.2) is 0 Å². The Balaban J connectivity index is 1.78. The predicted molar refractivity (Wildman–Crippen MR) is 71.6 cm³/mol. The van der Waals surface area contributed by atoms with Crippen LogP contribution in [0.4, 0.5) is 0 Å². The quantitative estimate of drug-likeness (QED) is 0.621. The van der Waals surface area contributed by atoms with Gasteiger partial charge in [0.15, 0.2) is 0 Å². The molecule has 19 heavy (non-hydrogen) atoms. The highest BCUT2D eigenvalue weighted by atomic mass is 15.3. The fraction of sp³-hybridized carbons (Fsp3) is 0.308.